The third kappa shape index (κ3) is 3.33. The fourth-order valence-corrected chi connectivity index (χ4v) is 2.48. The summed E-state index contributed by atoms with van der Waals surface area (Å²) in [5.74, 6) is 0.616. The first-order valence-corrected chi connectivity index (χ1v) is 6.90. The smallest absolute Gasteiger partial charge is 0.241 e. The lowest BCUT2D eigenvalue weighted by Crippen LogP contribution is -2.48. The highest BCUT2D eigenvalue weighted by Gasteiger charge is 2.23. The molecule has 0 aliphatic carbocycles. The number of carbonyl (C=O) groups excluding carboxylic acids is 1. The van der Waals surface area contributed by atoms with Crippen LogP contribution in [0, 0.1) is 0 Å². The second-order valence-electron chi connectivity index (χ2n) is 5.36. The third-order valence-corrected chi connectivity index (χ3v) is 3.76. The zero-order chi connectivity index (χ0) is 13.8. The lowest BCUT2D eigenvalue weighted by molar-refractivity contribution is -0.120. The van der Waals surface area contributed by atoms with Gasteiger partial charge in [-0.3, -0.25) is 9.69 Å². The molecular weight excluding hydrogens is 238 g/mol. The van der Waals surface area contributed by atoms with Crippen molar-refractivity contribution in [3.05, 3.63) is 29.8 Å². The minimum atomic E-state index is 0.178. The van der Waals surface area contributed by atoms with Gasteiger partial charge in [0.1, 0.15) is 0 Å². The van der Waals surface area contributed by atoms with Crippen molar-refractivity contribution >= 4 is 11.6 Å². The summed E-state index contributed by atoms with van der Waals surface area (Å²) in [5, 5.41) is 0. The molecule has 0 saturated carbocycles. The molecule has 1 heterocycles. The first-order chi connectivity index (χ1) is 9.11. The number of nitrogens with two attached hydrogens (primary N) is 1. The van der Waals surface area contributed by atoms with Crippen molar-refractivity contribution in [3.8, 4) is 0 Å². The van der Waals surface area contributed by atoms with Gasteiger partial charge in [-0.15, -0.1) is 0 Å². The Kier molecular flexibility index (Phi) is 4.56. The van der Waals surface area contributed by atoms with E-state index in [1.54, 1.807) is 0 Å². The van der Waals surface area contributed by atoms with E-state index in [-0.39, 0.29) is 5.91 Å². The van der Waals surface area contributed by atoms with E-state index in [4.69, 9.17) is 5.73 Å². The molecule has 1 saturated heterocycles. The quantitative estimate of drug-likeness (QED) is 0.891. The summed E-state index contributed by atoms with van der Waals surface area (Å²) in [6, 6.07) is 8.29. The zero-order valence-electron chi connectivity index (χ0n) is 11.8. The van der Waals surface area contributed by atoms with Gasteiger partial charge in [0.05, 0.1) is 6.54 Å². The summed E-state index contributed by atoms with van der Waals surface area (Å²) in [4.78, 5) is 16.0. The highest BCUT2D eigenvalue weighted by molar-refractivity contribution is 5.95. The van der Waals surface area contributed by atoms with Crippen LogP contribution in [0.25, 0.3) is 0 Å². The summed E-state index contributed by atoms with van der Waals surface area (Å²) in [7, 11) is 1.98. The fourth-order valence-electron chi connectivity index (χ4n) is 2.48. The van der Waals surface area contributed by atoms with Gasteiger partial charge in [0, 0.05) is 18.8 Å². The Hall–Kier alpha value is -1.39. The van der Waals surface area contributed by atoms with Crippen LogP contribution in [0.5, 0.6) is 0 Å². The summed E-state index contributed by atoms with van der Waals surface area (Å²) < 4.78 is 0. The number of likely N-dealkylation sites (N-methyl/N-ethyl adjacent to an activating group) is 1. The average Bonchev–Trinajstić information content (AvgIpc) is 2.39. The number of hydrogen-bond donors (Lipinski definition) is 1. The van der Waals surface area contributed by atoms with Gasteiger partial charge in [0.25, 0.3) is 0 Å². The van der Waals surface area contributed by atoms with Crippen molar-refractivity contribution in [2.75, 3.05) is 38.1 Å². The van der Waals surface area contributed by atoms with Gasteiger partial charge in [0.15, 0.2) is 0 Å². The highest BCUT2D eigenvalue weighted by Crippen LogP contribution is 2.24. The van der Waals surface area contributed by atoms with Crippen LogP contribution in [0.4, 0.5) is 5.69 Å². The van der Waals surface area contributed by atoms with Crippen molar-refractivity contribution < 1.29 is 4.79 Å². The van der Waals surface area contributed by atoms with E-state index >= 15 is 0 Å². The van der Waals surface area contributed by atoms with Crippen LogP contribution in [0.2, 0.25) is 0 Å². The van der Waals surface area contributed by atoms with Crippen molar-refractivity contribution in [1.29, 1.82) is 0 Å². The number of anilines is 1. The summed E-state index contributed by atoms with van der Waals surface area (Å²) in [6.45, 7) is 5.07. The summed E-state index contributed by atoms with van der Waals surface area (Å²) >= 11 is 0. The lowest BCUT2D eigenvalue weighted by Gasteiger charge is -2.32. The molecule has 1 aromatic carbocycles. The minimum absolute atomic E-state index is 0.178. The normalized spacial score (nSPS) is 18.7. The molecule has 1 unspecified atom stereocenters. The molecule has 2 N–H and O–H groups in total. The molecule has 0 spiro atoms. The molecule has 0 radical (unpaired) electrons. The largest absolute Gasteiger partial charge is 0.330 e. The van der Waals surface area contributed by atoms with E-state index < -0.39 is 0 Å². The first kappa shape index (κ1) is 14.0. The van der Waals surface area contributed by atoms with E-state index in [0.717, 1.165) is 25.2 Å². The van der Waals surface area contributed by atoms with Crippen molar-refractivity contribution in [3.63, 3.8) is 0 Å². The van der Waals surface area contributed by atoms with Crippen LogP contribution < -0.4 is 10.6 Å². The lowest BCUT2D eigenvalue weighted by atomic mass is 9.97. The Morgan fingerprint density at radius 2 is 2.16 bits per heavy atom. The molecule has 2 rings (SSSR count). The first-order valence-electron chi connectivity index (χ1n) is 6.90. The molecule has 4 nitrogen and oxygen atoms in total. The second-order valence-corrected chi connectivity index (χ2v) is 5.36. The predicted octanol–water partition coefficient (Wildman–Crippen LogP) is 1.42. The minimum Gasteiger partial charge on any atom is -0.330 e. The monoisotopic (exact) mass is 261 g/mol. The maximum Gasteiger partial charge on any atom is 0.241 e. The fraction of sp³-hybridized carbons (Fsp3) is 0.533. The summed E-state index contributed by atoms with van der Waals surface area (Å²) in [6.07, 6.45) is 0.972. The van der Waals surface area contributed by atoms with Gasteiger partial charge in [0.2, 0.25) is 5.91 Å². The van der Waals surface area contributed by atoms with Gasteiger partial charge < -0.3 is 10.6 Å². The average molecular weight is 261 g/mol. The molecule has 104 valence electrons. The number of piperazine rings is 1. The Morgan fingerprint density at radius 3 is 2.84 bits per heavy atom. The number of hydrogen-bond acceptors (Lipinski definition) is 3. The summed E-state index contributed by atoms with van der Waals surface area (Å²) in [5.41, 5.74) is 7.89. The maximum atomic E-state index is 12.1. The number of nitrogens with zero attached hydrogens (tertiary/aromatic N) is 2. The van der Waals surface area contributed by atoms with Crippen LogP contribution in [0.1, 0.15) is 24.8 Å². The molecule has 1 aliphatic heterocycles. The van der Waals surface area contributed by atoms with Crippen LogP contribution >= 0.6 is 0 Å². The Balaban J connectivity index is 2.16. The van der Waals surface area contributed by atoms with Gasteiger partial charge in [-0.1, -0.05) is 19.1 Å². The molecule has 0 aromatic heterocycles. The molecule has 1 aliphatic rings. The number of amides is 1. The SMILES string of the molecule is CC(CCN)c1cccc(N2CCN(C)CC2=O)c1. The molecular formula is C15H23N3O. The Morgan fingerprint density at radius 1 is 1.37 bits per heavy atom. The topological polar surface area (TPSA) is 49.6 Å². The van der Waals surface area contributed by atoms with Gasteiger partial charge in [-0.25, -0.2) is 0 Å². The second kappa shape index (κ2) is 6.17. The van der Waals surface area contributed by atoms with E-state index in [2.05, 4.69) is 24.0 Å². The van der Waals surface area contributed by atoms with Crippen molar-refractivity contribution in [2.24, 2.45) is 5.73 Å². The molecule has 4 heteroatoms. The van der Waals surface area contributed by atoms with Crippen LogP contribution in [0.15, 0.2) is 24.3 Å². The zero-order valence-corrected chi connectivity index (χ0v) is 11.8. The maximum absolute atomic E-state index is 12.1. The van der Waals surface area contributed by atoms with Crippen LogP contribution in [0.3, 0.4) is 0 Å². The van der Waals surface area contributed by atoms with Crippen molar-refractivity contribution in [1.82, 2.24) is 4.90 Å². The Bertz CT molecular complexity index is 447. The molecule has 1 amide bonds. The van der Waals surface area contributed by atoms with E-state index in [1.165, 1.54) is 5.56 Å². The molecule has 1 aromatic rings. The predicted molar refractivity (Wildman–Crippen MR) is 78.4 cm³/mol. The Labute approximate surface area is 115 Å². The number of benzene rings is 1. The van der Waals surface area contributed by atoms with Crippen LogP contribution in [-0.4, -0.2) is 44.0 Å². The van der Waals surface area contributed by atoms with Crippen molar-refractivity contribution in [2.45, 2.75) is 19.3 Å². The van der Waals surface area contributed by atoms with E-state index in [1.807, 2.05) is 24.1 Å². The molecule has 1 atom stereocenters. The molecule has 19 heavy (non-hydrogen) atoms. The van der Waals surface area contributed by atoms with E-state index in [0.29, 0.717) is 19.0 Å². The van der Waals surface area contributed by atoms with Crippen LogP contribution in [-0.2, 0) is 4.79 Å². The highest BCUT2D eigenvalue weighted by atomic mass is 16.2. The van der Waals surface area contributed by atoms with Gasteiger partial charge in [-0.2, -0.15) is 0 Å². The van der Waals surface area contributed by atoms with Gasteiger partial charge in [-0.05, 0) is 43.6 Å². The molecule has 1 fully saturated rings. The number of rotatable bonds is 4. The molecule has 0 bridgehead atoms. The number of carbonyl (C=O) groups is 1. The standard InChI is InChI=1S/C15H23N3O/c1-12(6-7-16)13-4-3-5-14(10-13)18-9-8-17(2)11-15(18)19/h3-5,10,12H,6-9,11,16H2,1-2H3. The van der Waals surface area contributed by atoms with Gasteiger partial charge >= 0.3 is 0 Å². The van der Waals surface area contributed by atoms with E-state index in [9.17, 15) is 4.79 Å². The third-order valence-electron chi connectivity index (χ3n) is 3.76.